The number of benzene rings is 1. The summed E-state index contributed by atoms with van der Waals surface area (Å²) in [5, 5.41) is 10.2. The zero-order valence-electron chi connectivity index (χ0n) is 13.5. The van der Waals surface area contributed by atoms with Crippen molar-refractivity contribution in [2.45, 2.75) is 24.3 Å². The molecule has 0 aliphatic heterocycles. The molecule has 1 atom stereocenters. The minimum Gasteiger partial charge on any atom is -0.351 e. The van der Waals surface area contributed by atoms with Crippen LogP contribution < -0.4 is 11.1 Å². The van der Waals surface area contributed by atoms with Crippen LogP contribution in [0.4, 0.5) is 9.18 Å². The number of nitrogens with two attached hydrogens (primary N) is 1. The first-order valence-corrected chi connectivity index (χ1v) is 8.10. The first-order chi connectivity index (χ1) is 11.3. The normalized spacial score (nSPS) is 12.2. The van der Waals surface area contributed by atoms with Crippen LogP contribution in [-0.2, 0) is 11.8 Å². The van der Waals surface area contributed by atoms with Gasteiger partial charge < -0.3 is 10.3 Å². The number of rotatable bonds is 5. The third-order valence-electron chi connectivity index (χ3n) is 3.28. The Hall–Kier alpha value is -2.42. The van der Waals surface area contributed by atoms with Crippen molar-refractivity contribution in [3.63, 3.8) is 0 Å². The molecule has 0 radical (unpaired) electrons. The highest BCUT2D eigenvalue weighted by atomic mass is 32.2. The number of nitrogens with one attached hydrogen (secondary N) is 1. The standard InChI is InChI=1S/C15H18FN5O2S/c1-8(2)11(13(22)18-14(17)23)24-15-20-19-12(21(15)3)9-4-6-10(16)7-5-9/h4-8,11H,1-3H3,(H3,17,18,22,23). The van der Waals surface area contributed by atoms with E-state index in [1.165, 1.54) is 23.9 Å². The number of aromatic nitrogens is 3. The van der Waals surface area contributed by atoms with Gasteiger partial charge in [-0.3, -0.25) is 10.1 Å². The zero-order valence-corrected chi connectivity index (χ0v) is 14.3. The van der Waals surface area contributed by atoms with E-state index in [1.54, 1.807) is 23.7 Å². The Morgan fingerprint density at radius 1 is 1.25 bits per heavy atom. The van der Waals surface area contributed by atoms with Crippen LogP contribution in [0.25, 0.3) is 11.4 Å². The molecule has 1 aromatic carbocycles. The van der Waals surface area contributed by atoms with E-state index in [4.69, 9.17) is 5.73 Å². The molecule has 9 heteroatoms. The SMILES string of the molecule is CC(C)C(Sc1nnc(-c2ccc(F)cc2)n1C)C(=O)NC(N)=O. The quantitative estimate of drug-likeness (QED) is 0.801. The van der Waals surface area contributed by atoms with E-state index in [9.17, 15) is 14.0 Å². The van der Waals surface area contributed by atoms with Crippen LogP contribution in [0, 0.1) is 11.7 Å². The van der Waals surface area contributed by atoms with E-state index in [0.29, 0.717) is 16.5 Å². The van der Waals surface area contributed by atoms with E-state index >= 15 is 0 Å². The van der Waals surface area contributed by atoms with Gasteiger partial charge in [-0.25, -0.2) is 9.18 Å². The molecule has 7 nitrogen and oxygen atoms in total. The Bertz CT molecular complexity index is 745. The first kappa shape index (κ1) is 17.9. The molecule has 1 aromatic heterocycles. The molecule has 1 heterocycles. The molecular formula is C15H18FN5O2S. The lowest BCUT2D eigenvalue weighted by molar-refractivity contribution is -0.120. The van der Waals surface area contributed by atoms with Gasteiger partial charge in [0.2, 0.25) is 5.91 Å². The summed E-state index contributed by atoms with van der Waals surface area (Å²) in [6, 6.07) is 5.00. The molecule has 3 amide bonds. The van der Waals surface area contributed by atoms with Crippen molar-refractivity contribution in [1.82, 2.24) is 20.1 Å². The van der Waals surface area contributed by atoms with Crippen molar-refractivity contribution in [2.24, 2.45) is 18.7 Å². The number of nitrogens with zero attached hydrogens (tertiary/aromatic N) is 3. The van der Waals surface area contributed by atoms with Gasteiger partial charge in [0.15, 0.2) is 11.0 Å². The lowest BCUT2D eigenvalue weighted by Crippen LogP contribution is -2.42. The second-order valence-corrected chi connectivity index (χ2v) is 6.62. The van der Waals surface area contributed by atoms with Gasteiger partial charge >= 0.3 is 6.03 Å². The fraction of sp³-hybridized carbons (Fsp3) is 0.333. The van der Waals surface area contributed by atoms with Gasteiger partial charge in [0.05, 0.1) is 5.25 Å². The predicted octanol–water partition coefficient (Wildman–Crippen LogP) is 1.93. The van der Waals surface area contributed by atoms with Gasteiger partial charge in [-0.15, -0.1) is 10.2 Å². The Labute approximate surface area is 142 Å². The van der Waals surface area contributed by atoms with E-state index < -0.39 is 17.2 Å². The molecule has 0 aliphatic rings. The highest BCUT2D eigenvalue weighted by Gasteiger charge is 2.27. The number of imide groups is 1. The summed E-state index contributed by atoms with van der Waals surface area (Å²) in [5.41, 5.74) is 5.71. The van der Waals surface area contributed by atoms with Crippen LogP contribution in [-0.4, -0.2) is 32.0 Å². The molecule has 1 unspecified atom stereocenters. The van der Waals surface area contributed by atoms with E-state index in [-0.39, 0.29) is 11.7 Å². The lowest BCUT2D eigenvalue weighted by atomic mass is 10.1. The van der Waals surface area contributed by atoms with Gasteiger partial charge in [0, 0.05) is 12.6 Å². The molecule has 2 aromatic rings. The van der Waals surface area contributed by atoms with Crippen molar-refractivity contribution >= 4 is 23.7 Å². The average Bonchev–Trinajstić information content (AvgIpc) is 2.85. The van der Waals surface area contributed by atoms with E-state index in [0.717, 1.165) is 0 Å². The Morgan fingerprint density at radius 2 is 1.88 bits per heavy atom. The van der Waals surface area contributed by atoms with E-state index in [2.05, 4.69) is 15.5 Å². The highest BCUT2D eigenvalue weighted by molar-refractivity contribution is 8.00. The third kappa shape index (κ3) is 4.10. The third-order valence-corrected chi connectivity index (χ3v) is 4.86. The maximum Gasteiger partial charge on any atom is 0.318 e. The maximum absolute atomic E-state index is 13.0. The summed E-state index contributed by atoms with van der Waals surface area (Å²) in [6.07, 6.45) is 0. The number of amides is 3. The fourth-order valence-corrected chi connectivity index (χ4v) is 3.06. The summed E-state index contributed by atoms with van der Waals surface area (Å²) in [4.78, 5) is 23.0. The van der Waals surface area contributed by atoms with Crippen molar-refractivity contribution < 1.29 is 14.0 Å². The van der Waals surface area contributed by atoms with Crippen molar-refractivity contribution in [3.8, 4) is 11.4 Å². The van der Waals surface area contributed by atoms with Crippen molar-refractivity contribution in [1.29, 1.82) is 0 Å². The summed E-state index contributed by atoms with van der Waals surface area (Å²) in [6.45, 7) is 3.71. The average molecular weight is 351 g/mol. The number of halogens is 1. The molecule has 0 aliphatic carbocycles. The molecule has 24 heavy (non-hydrogen) atoms. The number of thioether (sulfide) groups is 1. The molecule has 128 valence electrons. The summed E-state index contributed by atoms with van der Waals surface area (Å²) >= 11 is 1.19. The number of primary amides is 1. The molecule has 0 bridgehead atoms. The Morgan fingerprint density at radius 3 is 2.42 bits per heavy atom. The molecule has 2 rings (SSSR count). The van der Waals surface area contributed by atoms with Crippen LogP contribution in [0.3, 0.4) is 0 Å². The van der Waals surface area contributed by atoms with Gasteiger partial charge in [0.25, 0.3) is 0 Å². The fourth-order valence-electron chi connectivity index (χ4n) is 2.07. The Balaban J connectivity index is 2.24. The summed E-state index contributed by atoms with van der Waals surface area (Å²) < 4.78 is 14.7. The number of urea groups is 1. The number of hydrogen-bond donors (Lipinski definition) is 2. The number of hydrogen-bond acceptors (Lipinski definition) is 5. The minimum absolute atomic E-state index is 0.0553. The monoisotopic (exact) mass is 351 g/mol. The molecule has 0 fully saturated rings. The molecule has 0 saturated heterocycles. The largest absolute Gasteiger partial charge is 0.351 e. The smallest absolute Gasteiger partial charge is 0.318 e. The zero-order chi connectivity index (χ0) is 17.9. The van der Waals surface area contributed by atoms with Gasteiger partial charge in [-0.1, -0.05) is 25.6 Å². The van der Waals surface area contributed by atoms with Crippen LogP contribution in [0.2, 0.25) is 0 Å². The van der Waals surface area contributed by atoms with Crippen molar-refractivity contribution in [3.05, 3.63) is 30.1 Å². The van der Waals surface area contributed by atoms with Crippen LogP contribution in [0.1, 0.15) is 13.8 Å². The molecule has 3 N–H and O–H groups in total. The van der Waals surface area contributed by atoms with Gasteiger partial charge in [0.1, 0.15) is 5.82 Å². The number of carbonyl (C=O) groups is 2. The molecule has 0 saturated carbocycles. The van der Waals surface area contributed by atoms with Gasteiger partial charge in [-0.2, -0.15) is 0 Å². The lowest BCUT2D eigenvalue weighted by Gasteiger charge is -2.18. The van der Waals surface area contributed by atoms with Crippen LogP contribution >= 0.6 is 11.8 Å². The molecule has 0 spiro atoms. The summed E-state index contributed by atoms with van der Waals surface area (Å²) in [7, 11) is 1.75. The second kappa shape index (κ2) is 7.43. The summed E-state index contributed by atoms with van der Waals surface area (Å²) in [5.74, 6) is -0.317. The van der Waals surface area contributed by atoms with E-state index in [1.807, 2.05) is 13.8 Å². The highest BCUT2D eigenvalue weighted by Crippen LogP contribution is 2.29. The van der Waals surface area contributed by atoms with Gasteiger partial charge in [-0.05, 0) is 30.2 Å². The predicted molar refractivity (Wildman–Crippen MR) is 88.6 cm³/mol. The second-order valence-electron chi connectivity index (χ2n) is 5.51. The maximum atomic E-state index is 13.0. The van der Waals surface area contributed by atoms with Crippen LogP contribution in [0.15, 0.2) is 29.4 Å². The first-order valence-electron chi connectivity index (χ1n) is 7.22. The molecular weight excluding hydrogens is 333 g/mol. The van der Waals surface area contributed by atoms with Crippen LogP contribution in [0.5, 0.6) is 0 Å². The minimum atomic E-state index is -0.892. The Kier molecular flexibility index (Phi) is 5.55. The topological polar surface area (TPSA) is 103 Å². The van der Waals surface area contributed by atoms with Crippen molar-refractivity contribution in [2.75, 3.05) is 0 Å². The number of carbonyl (C=O) groups excluding carboxylic acids is 2.